The Kier molecular flexibility index (Phi) is 3.78. The third kappa shape index (κ3) is 2.78. The van der Waals surface area contributed by atoms with Gasteiger partial charge in [0.05, 0.1) is 13.1 Å². The van der Waals surface area contributed by atoms with Crippen molar-refractivity contribution in [3.63, 3.8) is 0 Å². The van der Waals surface area contributed by atoms with Gasteiger partial charge in [-0.2, -0.15) is 0 Å². The van der Waals surface area contributed by atoms with Gasteiger partial charge in [-0.1, -0.05) is 12.1 Å². The standard InChI is InChI=1S/C12H15N3O3/c13-7-9-2-1-3-10(6-9)18-5-4-15-11(16)8-14-12(15)17/h1-3,6H,4-5,7-8,13H2,(H,14,17). The lowest BCUT2D eigenvalue weighted by Crippen LogP contribution is -2.34. The lowest BCUT2D eigenvalue weighted by molar-refractivity contribution is -0.125. The third-order valence-electron chi connectivity index (χ3n) is 2.65. The van der Waals surface area contributed by atoms with E-state index in [1.807, 2.05) is 24.3 Å². The van der Waals surface area contributed by atoms with Gasteiger partial charge in [-0.15, -0.1) is 0 Å². The zero-order valence-electron chi connectivity index (χ0n) is 9.89. The predicted molar refractivity (Wildman–Crippen MR) is 64.9 cm³/mol. The summed E-state index contributed by atoms with van der Waals surface area (Å²) in [5.41, 5.74) is 6.50. The average Bonchev–Trinajstić information content (AvgIpc) is 2.70. The lowest BCUT2D eigenvalue weighted by atomic mass is 10.2. The van der Waals surface area contributed by atoms with Crippen LogP contribution in [0.2, 0.25) is 0 Å². The number of hydrogen-bond acceptors (Lipinski definition) is 4. The Morgan fingerprint density at radius 3 is 2.89 bits per heavy atom. The van der Waals surface area contributed by atoms with Gasteiger partial charge in [-0.05, 0) is 17.7 Å². The Morgan fingerprint density at radius 2 is 2.22 bits per heavy atom. The second-order valence-corrected chi connectivity index (χ2v) is 3.90. The summed E-state index contributed by atoms with van der Waals surface area (Å²) in [5, 5.41) is 2.45. The zero-order valence-corrected chi connectivity index (χ0v) is 9.89. The number of urea groups is 1. The summed E-state index contributed by atoms with van der Waals surface area (Å²) in [6.45, 7) is 1.04. The van der Waals surface area contributed by atoms with Crippen molar-refractivity contribution in [3.8, 4) is 5.75 Å². The van der Waals surface area contributed by atoms with Gasteiger partial charge in [0.2, 0.25) is 5.91 Å². The van der Waals surface area contributed by atoms with E-state index in [2.05, 4.69) is 5.32 Å². The Balaban J connectivity index is 1.84. The highest BCUT2D eigenvalue weighted by Gasteiger charge is 2.27. The van der Waals surface area contributed by atoms with Gasteiger partial charge >= 0.3 is 6.03 Å². The first kappa shape index (κ1) is 12.4. The molecule has 0 unspecified atom stereocenters. The number of rotatable bonds is 5. The minimum absolute atomic E-state index is 0.0709. The monoisotopic (exact) mass is 249 g/mol. The summed E-state index contributed by atoms with van der Waals surface area (Å²) < 4.78 is 5.48. The number of nitrogens with two attached hydrogens (primary N) is 1. The van der Waals surface area contributed by atoms with Crippen LogP contribution in [0.3, 0.4) is 0 Å². The van der Waals surface area contributed by atoms with Crippen LogP contribution in [0.1, 0.15) is 5.56 Å². The molecular formula is C12H15N3O3. The minimum Gasteiger partial charge on any atom is -0.492 e. The smallest absolute Gasteiger partial charge is 0.324 e. The number of benzene rings is 1. The normalized spacial score (nSPS) is 14.8. The molecule has 18 heavy (non-hydrogen) atoms. The van der Waals surface area contributed by atoms with Crippen LogP contribution in [0.4, 0.5) is 4.79 Å². The third-order valence-corrected chi connectivity index (χ3v) is 2.65. The highest BCUT2D eigenvalue weighted by molar-refractivity contribution is 6.01. The van der Waals surface area contributed by atoms with Crippen molar-refractivity contribution in [3.05, 3.63) is 29.8 Å². The van der Waals surface area contributed by atoms with Gasteiger partial charge in [0.25, 0.3) is 0 Å². The van der Waals surface area contributed by atoms with Crippen molar-refractivity contribution in [2.45, 2.75) is 6.54 Å². The Labute approximate surface area is 105 Å². The van der Waals surface area contributed by atoms with Crippen molar-refractivity contribution in [1.82, 2.24) is 10.2 Å². The van der Waals surface area contributed by atoms with E-state index < -0.39 is 0 Å². The highest BCUT2D eigenvalue weighted by Crippen LogP contribution is 2.12. The van der Waals surface area contributed by atoms with Gasteiger partial charge in [-0.25, -0.2) is 4.79 Å². The maximum absolute atomic E-state index is 11.3. The molecule has 1 aromatic rings. The average molecular weight is 249 g/mol. The number of carbonyl (C=O) groups excluding carboxylic acids is 2. The predicted octanol–water partition coefficient (Wildman–Crippen LogP) is 0.0759. The van der Waals surface area contributed by atoms with Gasteiger partial charge in [0.1, 0.15) is 12.4 Å². The molecule has 1 aromatic carbocycles. The Morgan fingerprint density at radius 1 is 1.39 bits per heavy atom. The molecule has 1 aliphatic rings. The molecular weight excluding hydrogens is 234 g/mol. The Bertz CT molecular complexity index is 446. The van der Waals surface area contributed by atoms with Crippen molar-refractivity contribution in [2.75, 3.05) is 19.7 Å². The van der Waals surface area contributed by atoms with Crippen molar-refractivity contribution < 1.29 is 14.3 Å². The molecule has 2 rings (SSSR count). The second-order valence-electron chi connectivity index (χ2n) is 3.90. The molecule has 96 valence electrons. The molecule has 0 radical (unpaired) electrons. The van der Waals surface area contributed by atoms with E-state index in [1.165, 1.54) is 0 Å². The minimum atomic E-state index is -0.362. The molecule has 0 saturated carbocycles. The van der Waals surface area contributed by atoms with E-state index >= 15 is 0 Å². The van der Waals surface area contributed by atoms with Gasteiger partial charge in [-0.3, -0.25) is 9.69 Å². The van der Waals surface area contributed by atoms with Crippen molar-refractivity contribution in [1.29, 1.82) is 0 Å². The molecule has 0 aromatic heterocycles. The van der Waals surface area contributed by atoms with Gasteiger partial charge in [0, 0.05) is 6.54 Å². The number of amides is 3. The van der Waals surface area contributed by atoms with Crippen LogP contribution in [-0.2, 0) is 11.3 Å². The number of nitrogens with zero attached hydrogens (tertiary/aromatic N) is 1. The molecule has 3 amide bonds. The fourth-order valence-electron chi connectivity index (χ4n) is 1.70. The molecule has 0 bridgehead atoms. The molecule has 6 nitrogen and oxygen atoms in total. The molecule has 1 aliphatic heterocycles. The first-order valence-electron chi connectivity index (χ1n) is 5.70. The van der Waals surface area contributed by atoms with Crippen LogP contribution in [0.25, 0.3) is 0 Å². The fourth-order valence-corrected chi connectivity index (χ4v) is 1.70. The molecule has 3 N–H and O–H groups in total. The van der Waals surface area contributed by atoms with E-state index in [0.29, 0.717) is 12.3 Å². The maximum Gasteiger partial charge on any atom is 0.324 e. The van der Waals surface area contributed by atoms with E-state index in [4.69, 9.17) is 10.5 Å². The van der Waals surface area contributed by atoms with Gasteiger partial charge in [0.15, 0.2) is 0 Å². The SMILES string of the molecule is NCc1cccc(OCCN2C(=O)CNC2=O)c1. The first-order valence-corrected chi connectivity index (χ1v) is 5.70. The Hall–Kier alpha value is -2.08. The van der Waals surface area contributed by atoms with E-state index in [1.54, 1.807) is 0 Å². The number of hydrogen-bond donors (Lipinski definition) is 2. The topological polar surface area (TPSA) is 84.7 Å². The van der Waals surface area contributed by atoms with Crippen LogP contribution >= 0.6 is 0 Å². The van der Waals surface area contributed by atoms with Crippen LogP contribution in [0.15, 0.2) is 24.3 Å². The summed E-state index contributed by atoms with van der Waals surface area (Å²) in [6, 6.07) is 7.05. The highest BCUT2D eigenvalue weighted by atomic mass is 16.5. The van der Waals surface area contributed by atoms with Crippen LogP contribution in [-0.4, -0.2) is 36.5 Å². The maximum atomic E-state index is 11.3. The quantitative estimate of drug-likeness (QED) is 0.723. The van der Waals surface area contributed by atoms with Crippen LogP contribution in [0.5, 0.6) is 5.75 Å². The molecule has 1 fully saturated rings. The molecule has 1 saturated heterocycles. The summed E-state index contributed by atoms with van der Waals surface area (Å²) in [7, 11) is 0. The van der Waals surface area contributed by atoms with Crippen molar-refractivity contribution in [2.24, 2.45) is 5.73 Å². The van der Waals surface area contributed by atoms with Crippen LogP contribution < -0.4 is 15.8 Å². The zero-order chi connectivity index (χ0) is 13.0. The summed E-state index contributed by atoms with van der Waals surface area (Å²) in [6.07, 6.45) is 0. The molecule has 6 heteroatoms. The van der Waals surface area contributed by atoms with E-state index in [0.717, 1.165) is 10.5 Å². The number of imide groups is 1. The lowest BCUT2D eigenvalue weighted by Gasteiger charge is -2.13. The fraction of sp³-hybridized carbons (Fsp3) is 0.333. The van der Waals surface area contributed by atoms with E-state index in [-0.39, 0.29) is 31.6 Å². The first-order chi connectivity index (χ1) is 8.70. The number of ether oxygens (including phenoxy) is 1. The summed E-state index contributed by atoms with van der Waals surface area (Å²) in [5.74, 6) is 0.462. The van der Waals surface area contributed by atoms with Crippen molar-refractivity contribution >= 4 is 11.9 Å². The number of carbonyl (C=O) groups is 2. The summed E-state index contributed by atoms with van der Waals surface area (Å²) in [4.78, 5) is 23.7. The van der Waals surface area contributed by atoms with E-state index in [9.17, 15) is 9.59 Å². The number of nitrogens with one attached hydrogen (secondary N) is 1. The molecule has 0 aliphatic carbocycles. The van der Waals surface area contributed by atoms with Crippen LogP contribution in [0, 0.1) is 0 Å². The summed E-state index contributed by atoms with van der Waals surface area (Å²) >= 11 is 0. The largest absolute Gasteiger partial charge is 0.492 e. The van der Waals surface area contributed by atoms with Gasteiger partial charge < -0.3 is 15.8 Å². The molecule has 1 heterocycles. The molecule has 0 spiro atoms. The molecule has 0 atom stereocenters. The second kappa shape index (κ2) is 5.50.